The molecule has 1 amide bonds. The molecule has 1 heterocycles. The average Bonchev–Trinajstić information content (AvgIpc) is 2.18. The van der Waals surface area contributed by atoms with E-state index in [0.717, 1.165) is 25.9 Å². The third kappa shape index (κ3) is 3.02. The van der Waals surface area contributed by atoms with E-state index in [1.165, 1.54) is 7.11 Å². The highest BCUT2D eigenvalue weighted by Gasteiger charge is 2.20. The van der Waals surface area contributed by atoms with Crippen LogP contribution < -0.4 is 10.6 Å². The largest absolute Gasteiger partial charge is 0.462 e. The fourth-order valence-corrected chi connectivity index (χ4v) is 1.31. The Hall–Kier alpha value is -1.10. The van der Waals surface area contributed by atoms with Crippen molar-refractivity contribution in [3.63, 3.8) is 0 Å². The van der Waals surface area contributed by atoms with E-state index in [1.807, 2.05) is 0 Å². The van der Waals surface area contributed by atoms with Gasteiger partial charge in [-0.1, -0.05) is 0 Å². The lowest BCUT2D eigenvalue weighted by atomic mass is 10.1. The van der Waals surface area contributed by atoms with Crippen LogP contribution in [-0.4, -0.2) is 38.1 Å². The van der Waals surface area contributed by atoms with Gasteiger partial charge in [0.2, 0.25) is 0 Å². The van der Waals surface area contributed by atoms with Crippen molar-refractivity contribution in [3.8, 4) is 0 Å². The molecule has 1 atom stereocenters. The zero-order valence-corrected chi connectivity index (χ0v) is 7.63. The zero-order chi connectivity index (χ0) is 9.68. The van der Waals surface area contributed by atoms with Crippen LogP contribution in [0.25, 0.3) is 0 Å². The second kappa shape index (κ2) is 4.81. The van der Waals surface area contributed by atoms with Gasteiger partial charge in [0.1, 0.15) is 0 Å². The Morgan fingerprint density at radius 1 is 1.54 bits per heavy atom. The van der Waals surface area contributed by atoms with Crippen LogP contribution in [-0.2, 0) is 14.3 Å². The zero-order valence-electron chi connectivity index (χ0n) is 7.63. The van der Waals surface area contributed by atoms with E-state index >= 15 is 0 Å². The highest BCUT2D eigenvalue weighted by Crippen LogP contribution is 2.00. The van der Waals surface area contributed by atoms with Crippen LogP contribution in [0, 0.1) is 0 Å². The maximum absolute atomic E-state index is 11.0. The molecule has 74 valence electrons. The standard InChI is InChI=1S/C8H14N2O3/c1-13-8(12)7(11)10-6-3-2-4-9-5-6/h6,9H,2-5H2,1H3,(H,10,11). The molecule has 0 aliphatic carbocycles. The van der Waals surface area contributed by atoms with Crippen LogP contribution in [0.4, 0.5) is 0 Å². The van der Waals surface area contributed by atoms with Crippen LogP contribution in [0.1, 0.15) is 12.8 Å². The Morgan fingerprint density at radius 3 is 2.85 bits per heavy atom. The van der Waals surface area contributed by atoms with Gasteiger partial charge in [-0.15, -0.1) is 0 Å². The summed E-state index contributed by atoms with van der Waals surface area (Å²) in [5.41, 5.74) is 0. The van der Waals surface area contributed by atoms with Crippen LogP contribution in [0.5, 0.6) is 0 Å². The molecule has 5 heteroatoms. The maximum Gasteiger partial charge on any atom is 0.396 e. The van der Waals surface area contributed by atoms with Gasteiger partial charge in [0.15, 0.2) is 0 Å². The molecule has 1 fully saturated rings. The van der Waals surface area contributed by atoms with E-state index in [-0.39, 0.29) is 6.04 Å². The van der Waals surface area contributed by atoms with Crippen molar-refractivity contribution in [2.24, 2.45) is 0 Å². The number of hydrogen-bond donors (Lipinski definition) is 2. The van der Waals surface area contributed by atoms with Crippen molar-refractivity contribution in [1.82, 2.24) is 10.6 Å². The summed E-state index contributed by atoms with van der Waals surface area (Å²) in [5, 5.41) is 5.72. The fourth-order valence-electron chi connectivity index (χ4n) is 1.31. The third-order valence-electron chi connectivity index (χ3n) is 2.00. The molecule has 13 heavy (non-hydrogen) atoms. The summed E-state index contributed by atoms with van der Waals surface area (Å²) in [4.78, 5) is 21.8. The van der Waals surface area contributed by atoms with Crippen molar-refractivity contribution < 1.29 is 14.3 Å². The van der Waals surface area contributed by atoms with Gasteiger partial charge in [-0.25, -0.2) is 4.79 Å². The number of ether oxygens (including phenoxy) is 1. The summed E-state index contributed by atoms with van der Waals surface area (Å²) in [5.74, 6) is -1.48. The molecular formula is C8H14N2O3. The first kappa shape index (κ1) is 9.98. The lowest BCUT2D eigenvalue weighted by Gasteiger charge is -2.22. The monoisotopic (exact) mass is 186 g/mol. The SMILES string of the molecule is COC(=O)C(=O)NC1CCCNC1. The molecular weight excluding hydrogens is 172 g/mol. The van der Waals surface area contributed by atoms with E-state index in [1.54, 1.807) is 0 Å². The molecule has 0 spiro atoms. The lowest BCUT2D eigenvalue weighted by molar-refractivity contribution is -0.153. The summed E-state index contributed by atoms with van der Waals surface area (Å²) in [6.07, 6.45) is 1.93. The number of carbonyl (C=O) groups is 2. The molecule has 2 N–H and O–H groups in total. The van der Waals surface area contributed by atoms with Crippen molar-refractivity contribution in [1.29, 1.82) is 0 Å². The topological polar surface area (TPSA) is 67.4 Å². The van der Waals surface area contributed by atoms with E-state index in [9.17, 15) is 9.59 Å². The van der Waals surface area contributed by atoms with Crippen LogP contribution in [0.15, 0.2) is 0 Å². The molecule has 0 aromatic heterocycles. The van der Waals surface area contributed by atoms with Crippen molar-refractivity contribution in [2.75, 3.05) is 20.2 Å². The normalized spacial score (nSPS) is 22.1. The molecule has 0 aromatic carbocycles. The number of hydrogen-bond acceptors (Lipinski definition) is 4. The van der Waals surface area contributed by atoms with Crippen LogP contribution in [0.2, 0.25) is 0 Å². The van der Waals surface area contributed by atoms with Gasteiger partial charge >= 0.3 is 11.9 Å². The van der Waals surface area contributed by atoms with Gasteiger partial charge in [-0.05, 0) is 19.4 Å². The summed E-state index contributed by atoms with van der Waals surface area (Å²) in [6.45, 7) is 1.70. The summed E-state index contributed by atoms with van der Waals surface area (Å²) in [7, 11) is 1.20. The van der Waals surface area contributed by atoms with E-state index < -0.39 is 11.9 Å². The Labute approximate surface area is 76.8 Å². The number of piperidine rings is 1. The molecule has 0 saturated carbocycles. The number of carbonyl (C=O) groups excluding carboxylic acids is 2. The quantitative estimate of drug-likeness (QED) is 0.408. The molecule has 1 rings (SSSR count). The Morgan fingerprint density at radius 2 is 2.31 bits per heavy atom. The van der Waals surface area contributed by atoms with Gasteiger partial charge in [0, 0.05) is 12.6 Å². The number of esters is 1. The predicted molar refractivity (Wildman–Crippen MR) is 46.1 cm³/mol. The van der Waals surface area contributed by atoms with Gasteiger partial charge in [0.05, 0.1) is 7.11 Å². The third-order valence-corrected chi connectivity index (χ3v) is 2.00. The Bertz CT molecular complexity index is 200. The fraction of sp³-hybridized carbons (Fsp3) is 0.750. The molecule has 0 aromatic rings. The minimum atomic E-state index is -0.828. The van der Waals surface area contributed by atoms with Gasteiger partial charge < -0.3 is 15.4 Å². The van der Waals surface area contributed by atoms with E-state index in [2.05, 4.69) is 15.4 Å². The molecule has 1 saturated heterocycles. The molecule has 1 unspecified atom stereocenters. The molecule has 0 radical (unpaired) electrons. The van der Waals surface area contributed by atoms with Crippen molar-refractivity contribution in [3.05, 3.63) is 0 Å². The van der Waals surface area contributed by atoms with Gasteiger partial charge in [-0.2, -0.15) is 0 Å². The minimum Gasteiger partial charge on any atom is -0.462 e. The summed E-state index contributed by atoms with van der Waals surface area (Å²) < 4.78 is 4.28. The predicted octanol–water partition coefficient (Wildman–Crippen LogP) is -0.972. The molecule has 1 aliphatic rings. The smallest absolute Gasteiger partial charge is 0.396 e. The van der Waals surface area contributed by atoms with E-state index in [0.29, 0.717) is 0 Å². The number of rotatable bonds is 1. The lowest BCUT2D eigenvalue weighted by Crippen LogP contribution is -2.47. The van der Waals surface area contributed by atoms with Crippen molar-refractivity contribution >= 4 is 11.9 Å². The number of nitrogens with one attached hydrogen (secondary N) is 2. The number of amides is 1. The molecule has 1 aliphatic heterocycles. The highest BCUT2D eigenvalue weighted by molar-refractivity contribution is 6.32. The van der Waals surface area contributed by atoms with Crippen molar-refractivity contribution in [2.45, 2.75) is 18.9 Å². The van der Waals surface area contributed by atoms with E-state index in [4.69, 9.17) is 0 Å². The summed E-state index contributed by atoms with van der Waals surface area (Å²) in [6, 6.07) is 0.0559. The second-order valence-electron chi connectivity index (χ2n) is 3.01. The first-order valence-corrected chi connectivity index (χ1v) is 4.33. The van der Waals surface area contributed by atoms with Crippen LogP contribution >= 0.6 is 0 Å². The van der Waals surface area contributed by atoms with Gasteiger partial charge in [0.25, 0.3) is 0 Å². The first-order chi connectivity index (χ1) is 6.24. The maximum atomic E-state index is 11.0. The first-order valence-electron chi connectivity index (χ1n) is 4.33. The van der Waals surface area contributed by atoms with Crippen LogP contribution in [0.3, 0.4) is 0 Å². The number of methoxy groups -OCH3 is 1. The average molecular weight is 186 g/mol. The molecule has 5 nitrogen and oxygen atoms in total. The van der Waals surface area contributed by atoms with Gasteiger partial charge in [-0.3, -0.25) is 4.79 Å². The summed E-state index contributed by atoms with van der Waals surface area (Å²) >= 11 is 0. The Balaban J connectivity index is 2.30. The minimum absolute atomic E-state index is 0.0559. The second-order valence-corrected chi connectivity index (χ2v) is 3.01. The highest BCUT2D eigenvalue weighted by atomic mass is 16.5. The molecule has 0 bridgehead atoms. The Kier molecular flexibility index (Phi) is 3.70.